The molecule has 1 atom stereocenters. The van der Waals surface area contributed by atoms with E-state index in [1.54, 1.807) is 24.3 Å². The summed E-state index contributed by atoms with van der Waals surface area (Å²) in [6.07, 6.45) is 1.72. The number of nitrogens with one attached hydrogen (secondary N) is 1. The number of fused-ring (bicyclic) bond motifs is 1. The highest BCUT2D eigenvalue weighted by Gasteiger charge is 2.34. The molecular formula is C20H24N2O4S. The SMILES string of the molecule is CN(c1ccccc1C(=O)N[C@@H]1CC(C)(C)Oc2ccccc21)S(C)(=O)=O. The summed E-state index contributed by atoms with van der Waals surface area (Å²) in [6.45, 7) is 3.96. The van der Waals surface area contributed by atoms with Crippen molar-refractivity contribution >= 4 is 21.6 Å². The molecule has 0 bridgehead atoms. The van der Waals surface area contributed by atoms with E-state index in [1.165, 1.54) is 7.05 Å². The minimum Gasteiger partial charge on any atom is -0.487 e. The van der Waals surface area contributed by atoms with Gasteiger partial charge in [-0.05, 0) is 32.0 Å². The number of ether oxygens (including phenoxy) is 1. The van der Waals surface area contributed by atoms with Crippen molar-refractivity contribution in [2.24, 2.45) is 0 Å². The molecule has 27 heavy (non-hydrogen) atoms. The van der Waals surface area contributed by atoms with Crippen LogP contribution in [-0.2, 0) is 10.0 Å². The molecule has 0 saturated carbocycles. The fraction of sp³-hybridized carbons (Fsp3) is 0.350. The van der Waals surface area contributed by atoms with E-state index < -0.39 is 15.6 Å². The number of anilines is 1. The molecule has 2 aromatic rings. The number of carbonyl (C=O) groups is 1. The van der Waals surface area contributed by atoms with E-state index in [2.05, 4.69) is 5.32 Å². The average molecular weight is 388 g/mol. The topological polar surface area (TPSA) is 75.7 Å². The maximum absolute atomic E-state index is 13.0. The van der Waals surface area contributed by atoms with Gasteiger partial charge >= 0.3 is 0 Å². The molecule has 0 unspecified atom stereocenters. The maximum Gasteiger partial charge on any atom is 0.253 e. The van der Waals surface area contributed by atoms with Crippen LogP contribution < -0.4 is 14.4 Å². The van der Waals surface area contributed by atoms with Crippen LogP contribution in [0.15, 0.2) is 48.5 Å². The van der Waals surface area contributed by atoms with Crippen molar-refractivity contribution in [3.8, 4) is 5.75 Å². The maximum atomic E-state index is 13.0. The highest BCUT2D eigenvalue weighted by atomic mass is 32.2. The fourth-order valence-corrected chi connectivity index (χ4v) is 3.80. The molecule has 3 rings (SSSR count). The van der Waals surface area contributed by atoms with Crippen molar-refractivity contribution in [2.45, 2.75) is 31.9 Å². The third kappa shape index (κ3) is 4.08. The third-order valence-corrected chi connectivity index (χ3v) is 5.86. The molecule has 0 fully saturated rings. The summed E-state index contributed by atoms with van der Waals surface area (Å²) in [7, 11) is -2.04. The van der Waals surface area contributed by atoms with Crippen LogP contribution in [0.3, 0.4) is 0 Å². The van der Waals surface area contributed by atoms with Crippen LogP contribution in [0.1, 0.15) is 42.2 Å². The van der Waals surface area contributed by atoms with Crippen LogP contribution in [0.25, 0.3) is 0 Å². The Labute approximate surface area is 160 Å². The Kier molecular flexibility index (Phi) is 4.90. The van der Waals surface area contributed by atoms with Gasteiger partial charge in [-0.25, -0.2) is 8.42 Å². The molecule has 0 aromatic heterocycles. The first-order valence-electron chi connectivity index (χ1n) is 8.70. The molecule has 2 aromatic carbocycles. The zero-order valence-electron chi connectivity index (χ0n) is 15.9. The smallest absolute Gasteiger partial charge is 0.253 e. The van der Waals surface area contributed by atoms with Gasteiger partial charge in [-0.3, -0.25) is 9.10 Å². The van der Waals surface area contributed by atoms with Gasteiger partial charge in [0.15, 0.2) is 0 Å². The number of para-hydroxylation sites is 2. The molecule has 0 saturated heterocycles. The quantitative estimate of drug-likeness (QED) is 0.873. The zero-order chi connectivity index (χ0) is 19.8. The lowest BCUT2D eigenvalue weighted by Gasteiger charge is -2.38. The molecule has 6 nitrogen and oxygen atoms in total. The molecule has 0 radical (unpaired) electrons. The van der Waals surface area contributed by atoms with Crippen molar-refractivity contribution < 1.29 is 17.9 Å². The first-order chi connectivity index (χ1) is 12.6. The molecular weight excluding hydrogens is 364 g/mol. The minimum absolute atomic E-state index is 0.228. The highest BCUT2D eigenvalue weighted by Crippen LogP contribution is 2.39. The van der Waals surface area contributed by atoms with Crippen LogP contribution >= 0.6 is 0 Å². The summed E-state index contributed by atoms with van der Waals surface area (Å²) in [4.78, 5) is 13.0. The second-order valence-corrected chi connectivity index (χ2v) is 9.39. The number of hydrogen-bond acceptors (Lipinski definition) is 4. The van der Waals surface area contributed by atoms with E-state index in [0.717, 1.165) is 21.9 Å². The summed E-state index contributed by atoms with van der Waals surface area (Å²) in [6, 6.07) is 14.1. The minimum atomic E-state index is -3.48. The van der Waals surface area contributed by atoms with E-state index in [1.807, 2.05) is 38.1 Å². The molecule has 1 aliphatic heterocycles. The van der Waals surface area contributed by atoms with E-state index >= 15 is 0 Å². The van der Waals surface area contributed by atoms with Crippen molar-refractivity contribution in [1.29, 1.82) is 0 Å². The van der Waals surface area contributed by atoms with E-state index in [4.69, 9.17) is 4.74 Å². The molecule has 0 spiro atoms. The van der Waals surface area contributed by atoms with Gasteiger partial charge in [0.05, 0.1) is 23.5 Å². The number of nitrogens with zero attached hydrogens (tertiary/aromatic N) is 1. The van der Waals surface area contributed by atoms with E-state index in [0.29, 0.717) is 17.7 Å². The highest BCUT2D eigenvalue weighted by molar-refractivity contribution is 7.92. The first-order valence-corrected chi connectivity index (χ1v) is 10.5. The predicted octanol–water partition coefficient (Wildman–Crippen LogP) is 3.11. The summed E-state index contributed by atoms with van der Waals surface area (Å²) in [5.74, 6) is 0.430. The van der Waals surface area contributed by atoms with Crippen LogP contribution in [0, 0.1) is 0 Å². The van der Waals surface area contributed by atoms with Gasteiger partial charge in [0.2, 0.25) is 10.0 Å². The Bertz CT molecular complexity index is 969. The van der Waals surface area contributed by atoms with Gasteiger partial charge in [0, 0.05) is 19.0 Å². The fourth-order valence-electron chi connectivity index (χ4n) is 3.29. The van der Waals surface area contributed by atoms with E-state index in [9.17, 15) is 13.2 Å². The van der Waals surface area contributed by atoms with Crippen LogP contribution in [0.5, 0.6) is 5.75 Å². The Morgan fingerprint density at radius 2 is 1.78 bits per heavy atom. The molecule has 1 heterocycles. The summed E-state index contributed by atoms with van der Waals surface area (Å²) in [5.41, 5.74) is 1.15. The zero-order valence-corrected chi connectivity index (χ0v) is 16.7. The monoisotopic (exact) mass is 388 g/mol. The second-order valence-electron chi connectivity index (χ2n) is 7.38. The van der Waals surface area contributed by atoms with Crippen LogP contribution in [0.2, 0.25) is 0 Å². The van der Waals surface area contributed by atoms with Crippen LogP contribution in [0.4, 0.5) is 5.69 Å². The van der Waals surface area contributed by atoms with Crippen LogP contribution in [-0.4, -0.2) is 33.2 Å². The summed E-state index contributed by atoms with van der Waals surface area (Å²) >= 11 is 0. The lowest BCUT2D eigenvalue weighted by Crippen LogP contribution is -2.41. The van der Waals surface area contributed by atoms with E-state index in [-0.39, 0.29) is 11.9 Å². The summed E-state index contributed by atoms with van der Waals surface area (Å²) < 4.78 is 31.0. The number of benzene rings is 2. The van der Waals surface area contributed by atoms with Crippen molar-refractivity contribution in [3.05, 3.63) is 59.7 Å². The average Bonchev–Trinajstić information content (AvgIpc) is 2.59. The standard InChI is InChI=1S/C20H24N2O4S/c1-20(2)13-16(14-9-6-8-12-18(14)26-20)21-19(23)15-10-5-7-11-17(15)22(3)27(4,24)25/h5-12,16H,13H2,1-4H3,(H,21,23)/t16-/m1/s1. The number of rotatable bonds is 4. The number of amides is 1. The Morgan fingerprint density at radius 3 is 2.48 bits per heavy atom. The molecule has 1 N–H and O–H groups in total. The van der Waals surface area contributed by atoms with Crippen molar-refractivity contribution in [3.63, 3.8) is 0 Å². The number of hydrogen-bond donors (Lipinski definition) is 1. The number of carbonyl (C=O) groups excluding carboxylic acids is 1. The van der Waals surface area contributed by atoms with Gasteiger partial charge < -0.3 is 10.1 Å². The Morgan fingerprint density at radius 1 is 1.15 bits per heavy atom. The van der Waals surface area contributed by atoms with Crippen molar-refractivity contribution in [2.75, 3.05) is 17.6 Å². The predicted molar refractivity (Wildman–Crippen MR) is 106 cm³/mol. The Hall–Kier alpha value is -2.54. The van der Waals surface area contributed by atoms with Gasteiger partial charge in [-0.2, -0.15) is 0 Å². The third-order valence-electron chi connectivity index (χ3n) is 4.67. The van der Waals surface area contributed by atoms with Gasteiger partial charge in [-0.15, -0.1) is 0 Å². The second kappa shape index (κ2) is 6.88. The summed E-state index contributed by atoms with van der Waals surface area (Å²) in [5, 5.41) is 3.05. The molecule has 1 amide bonds. The molecule has 1 aliphatic rings. The Balaban J connectivity index is 1.93. The normalized spacial score (nSPS) is 18.1. The lowest BCUT2D eigenvalue weighted by molar-refractivity contribution is 0.0620. The first kappa shape index (κ1) is 19.2. The number of sulfonamides is 1. The largest absolute Gasteiger partial charge is 0.487 e. The van der Waals surface area contributed by atoms with Gasteiger partial charge in [0.1, 0.15) is 11.4 Å². The molecule has 7 heteroatoms. The van der Waals surface area contributed by atoms with Crippen molar-refractivity contribution in [1.82, 2.24) is 5.32 Å². The molecule has 144 valence electrons. The lowest BCUT2D eigenvalue weighted by atomic mass is 9.89. The van der Waals surface area contributed by atoms with Gasteiger partial charge in [-0.1, -0.05) is 30.3 Å². The molecule has 0 aliphatic carbocycles. The van der Waals surface area contributed by atoms with Gasteiger partial charge in [0.25, 0.3) is 5.91 Å².